The number of carbonyl (C=O) groups is 1. The summed E-state index contributed by atoms with van der Waals surface area (Å²) in [6, 6.07) is 4.86. The SMILES string of the molecule is Cc1ccc(N2CC(c3nc(C(C)C)no3)CC2=O)c(F)c1. The van der Waals surface area contributed by atoms with Crippen molar-refractivity contribution in [3.05, 3.63) is 41.3 Å². The van der Waals surface area contributed by atoms with Gasteiger partial charge in [0.25, 0.3) is 0 Å². The number of aryl methyl sites for hydroxylation is 1. The van der Waals surface area contributed by atoms with Gasteiger partial charge in [-0.3, -0.25) is 4.79 Å². The smallest absolute Gasteiger partial charge is 0.232 e. The molecule has 0 saturated carbocycles. The molecule has 1 aromatic carbocycles. The summed E-state index contributed by atoms with van der Waals surface area (Å²) in [6.45, 7) is 6.12. The molecule has 22 heavy (non-hydrogen) atoms. The lowest BCUT2D eigenvalue weighted by molar-refractivity contribution is -0.117. The van der Waals surface area contributed by atoms with Crippen molar-refractivity contribution < 1.29 is 13.7 Å². The Labute approximate surface area is 128 Å². The van der Waals surface area contributed by atoms with Crippen molar-refractivity contribution in [1.29, 1.82) is 0 Å². The van der Waals surface area contributed by atoms with Gasteiger partial charge in [0.15, 0.2) is 5.82 Å². The number of aromatic nitrogens is 2. The lowest BCUT2D eigenvalue weighted by Crippen LogP contribution is -2.25. The van der Waals surface area contributed by atoms with Crippen LogP contribution in [0, 0.1) is 12.7 Å². The maximum atomic E-state index is 14.1. The van der Waals surface area contributed by atoms with E-state index in [2.05, 4.69) is 10.1 Å². The largest absolute Gasteiger partial charge is 0.339 e. The fourth-order valence-corrected chi connectivity index (χ4v) is 2.58. The minimum atomic E-state index is -0.387. The molecule has 1 unspecified atom stereocenters. The zero-order valence-corrected chi connectivity index (χ0v) is 12.8. The fourth-order valence-electron chi connectivity index (χ4n) is 2.58. The molecular weight excluding hydrogens is 285 g/mol. The monoisotopic (exact) mass is 303 g/mol. The van der Waals surface area contributed by atoms with Crippen LogP contribution in [0.5, 0.6) is 0 Å². The number of benzene rings is 1. The summed E-state index contributed by atoms with van der Waals surface area (Å²) < 4.78 is 19.3. The van der Waals surface area contributed by atoms with Crippen LogP contribution in [-0.4, -0.2) is 22.6 Å². The Morgan fingerprint density at radius 3 is 2.82 bits per heavy atom. The van der Waals surface area contributed by atoms with Crippen LogP contribution in [0.4, 0.5) is 10.1 Å². The quantitative estimate of drug-likeness (QED) is 0.874. The van der Waals surface area contributed by atoms with Gasteiger partial charge >= 0.3 is 0 Å². The van der Waals surface area contributed by atoms with Crippen molar-refractivity contribution >= 4 is 11.6 Å². The predicted molar refractivity (Wildman–Crippen MR) is 79.2 cm³/mol. The first-order chi connectivity index (χ1) is 10.5. The van der Waals surface area contributed by atoms with Crippen LogP contribution in [0.25, 0.3) is 0 Å². The number of hydrogen-bond acceptors (Lipinski definition) is 4. The summed E-state index contributed by atoms with van der Waals surface area (Å²) in [7, 11) is 0. The van der Waals surface area contributed by atoms with Crippen molar-refractivity contribution in [3.8, 4) is 0 Å². The number of carbonyl (C=O) groups excluding carboxylic acids is 1. The second kappa shape index (κ2) is 5.51. The molecule has 116 valence electrons. The lowest BCUT2D eigenvalue weighted by Gasteiger charge is -2.17. The van der Waals surface area contributed by atoms with Gasteiger partial charge < -0.3 is 9.42 Å². The maximum absolute atomic E-state index is 14.1. The van der Waals surface area contributed by atoms with Crippen LogP contribution in [0.1, 0.15) is 49.4 Å². The van der Waals surface area contributed by atoms with Crippen molar-refractivity contribution in [1.82, 2.24) is 10.1 Å². The van der Waals surface area contributed by atoms with Crippen LogP contribution in [0.15, 0.2) is 22.7 Å². The molecule has 0 radical (unpaired) electrons. The Hall–Kier alpha value is -2.24. The van der Waals surface area contributed by atoms with Crippen molar-refractivity contribution in [2.75, 3.05) is 11.4 Å². The van der Waals surface area contributed by atoms with Crippen molar-refractivity contribution in [2.45, 2.75) is 39.0 Å². The molecule has 6 heteroatoms. The third kappa shape index (κ3) is 2.61. The van der Waals surface area contributed by atoms with Crippen LogP contribution in [0.3, 0.4) is 0 Å². The zero-order valence-electron chi connectivity index (χ0n) is 12.8. The molecule has 2 aromatic rings. The van der Waals surface area contributed by atoms with Gasteiger partial charge in [0, 0.05) is 18.9 Å². The molecular formula is C16H18FN3O2. The molecule has 0 bridgehead atoms. The Morgan fingerprint density at radius 1 is 1.41 bits per heavy atom. The molecule has 1 aliphatic rings. The van der Waals surface area contributed by atoms with Gasteiger partial charge in [-0.2, -0.15) is 4.98 Å². The average molecular weight is 303 g/mol. The topological polar surface area (TPSA) is 59.2 Å². The van der Waals surface area contributed by atoms with E-state index in [-0.39, 0.29) is 30.0 Å². The van der Waals surface area contributed by atoms with E-state index in [0.29, 0.717) is 23.9 Å². The van der Waals surface area contributed by atoms with E-state index >= 15 is 0 Å². The Balaban J connectivity index is 1.83. The van der Waals surface area contributed by atoms with E-state index in [1.165, 1.54) is 11.0 Å². The fraction of sp³-hybridized carbons (Fsp3) is 0.438. The van der Waals surface area contributed by atoms with E-state index in [9.17, 15) is 9.18 Å². The summed E-state index contributed by atoms with van der Waals surface area (Å²) in [5.74, 6) is 0.544. The minimum absolute atomic E-state index is 0.128. The van der Waals surface area contributed by atoms with E-state index < -0.39 is 0 Å². The molecule has 1 aromatic heterocycles. The Kier molecular flexibility index (Phi) is 3.68. The van der Waals surface area contributed by atoms with Gasteiger partial charge in [-0.15, -0.1) is 0 Å². The summed E-state index contributed by atoms with van der Waals surface area (Å²) in [4.78, 5) is 18.0. The predicted octanol–water partition coefficient (Wildman–Crippen LogP) is 3.16. The molecule has 2 heterocycles. The third-order valence-corrected chi connectivity index (χ3v) is 3.84. The maximum Gasteiger partial charge on any atom is 0.232 e. The molecule has 0 aliphatic carbocycles. The number of amides is 1. The number of rotatable bonds is 3. The molecule has 0 N–H and O–H groups in total. The molecule has 3 rings (SSSR count). The van der Waals surface area contributed by atoms with Gasteiger partial charge in [0.2, 0.25) is 11.8 Å². The third-order valence-electron chi connectivity index (χ3n) is 3.84. The molecule has 1 fully saturated rings. The molecule has 0 spiro atoms. The van der Waals surface area contributed by atoms with Crippen molar-refractivity contribution in [3.63, 3.8) is 0 Å². The van der Waals surface area contributed by atoms with Gasteiger partial charge in [-0.1, -0.05) is 25.1 Å². The Bertz CT molecular complexity index is 711. The van der Waals surface area contributed by atoms with Gasteiger partial charge in [-0.25, -0.2) is 4.39 Å². The van der Waals surface area contributed by atoms with Crippen LogP contribution in [-0.2, 0) is 4.79 Å². The molecule has 1 aliphatic heterocycles. The number of halogens is 1. The van der Waals surface area contributed by atoms with E-state index in [4.69, 9.17) is 4.52 Å². The first-order valence-electron chi connectivity index (χ1n) is 7.35. The summed E-state index contributed by atoms with van der Waals surface area (Å²) in [5, 5.41) is 3.92. The summed E-state index contributed by atoms with van der Waals surface area (Å²) in [5.41, 5.74) is 1.13. The molecule has 1 atom stereocenters. The highest BCUT2D eigenvalue weighted by Crippen LogP contribution is 2.33. The highest BCUT2D eigenvalue weighted by atomic mass is 19.1. The second-order valence-electron chi connectivity index (χ2n) is 6.01. The molecule has 1 amide bonds. The minimum Gasteiger partial charge on any atom is -0.339 e. The first kappa shape index (κ1) is 14.7. The average Bonchev–Trinajstić information content (AvgIpc) is 3.06. The molecule has 5 nitrogen and oxygen atoms in total. The Morgan fingerprint density at radius 2 is 2.18 bits per heavy atom. The van der Waals surface area contributed by atoms with Crippen LogP contribution >= 0.6 is 0 Å². The van der Waals surface area contributed by atoms with Crippen molar-refractivity contribution in [2.24, 2.45) is 0 Å². The number of nitrogens with zero attached hydrogens (tertiary/aromatic N) is 3. The number of hydrogen-bond donors (Lipinski definition) is 0. The van der Waals surface area contributed by atoms with Crippen LogP contribution < -0.4 is 4.90 Å². The normalized spacial score (nSPS) is 18.5. The van der Waals surface area contributed by atoms with Crippen LogP contribution in [0.2, 0.25) is 0 Å². The summed E-state index contributed by atoms with van der Waals surface area (Å²) >= 11 is 0. The second-order valence-corrected chi connectivity index (χ2v) is 6.01. The number of anilines is 1. The molecule has 1 saturated heterocycles. The first-order valence-corrected chi connectivity index (χ1v) is 7.35. The van der Waals surface area contributed by atoms with Gasteiger partial charge in [0.05, 0.1) is 11.6 Å². The van der Waals surface area contributed by atoms with Gasteiger partial charge in [0.1, 0.15) is 5.82 Å². The van der Waals surface area contributed by atoms with E-state index in [0.717, 1.165) is 5.56 Å². The summed E-state index contributed by atoms with van der Waals surface area (Å²) in [6.07, 6.45) is 0.257. The van der Waals surface area contributed by atoms with Gasteiger partial charge in [-0.05, 0) is 24.6 Å². The van der Waals surface area contributed by atoms with E-state index in [1.807, 2.05) is 20.8 Å². The highest BCUT2D eigenvalue weighted by Gasteiger charge is 2.36. The zero-order chi connectivity index (χ0) is 15.9. The lowest BCUT2D eigenvalue weighted by atomic mass is 10.1. The standard InChI is InChI=1S/C16H18FN3O2/c1-9(2)15-18-16(22-19-15)11-7-14(21)20(8-11)13-5-4-10(3)6-12(13)17/h4-6,9,11H,7-8H2,1-3H3. The van der Waals surface area contributed by atoms with E-state index in [1.54, 1.807) is 12.1 Å². The highest BCUT2D eigenvalue weighted by molar-refractivity contribution is 5.96.